The van der Waals surface area contributed by atoms with Crippen LogP contribution in [0.5, 0.6) is 17.2 Å². The summed E-state index contributed by atoms with van der Waals surface area (Å²) in [4.78, 5) is 12.2. The summed E-state index contributed by atoms with van der Waals surface area (Å²) < 4.78 is 15.9. The highest BCUT2D eigenvalue weighted by Crippen LogP contribution is 2.40. The summed E-state index contributed by atoms with van der Waals surface area (Å²) in [5.74, 6) is 1.78. The van der Waals surface area contributed by atoms with Crippen LogP contribution in [0, 0.1) is 0 Å². The Kier molecular flexibility index (Phi) is 4.53. The molecule has 0 saturated heterocycles. The van der Waals surface area contributed by atoms with Crippen molar-refractivity contribution < 1.29 is 19.0 Å². The lowest BCUT2D eigenvalue weighted by molar-refractivity contribution is 0.104. The van der Waals surface area contributed by atoms with Gasteiger partial charge in [0.1, 0.15) is 5.75 Å². The first-order valence-corrected chi connectivity index (χ1v) is 7.59. The van der Waals surface area contributed by atoms with E-state index < -0.39 is 0 Å². The van der Waals surface area contributed by atoms with E-state index in [1.165, 1.54) is 6.08 Å². The van der Waals surface area contributed by atoms with Gasteiger partial charge in [0, 0.05) is 5.56 Å². The lowest BCUT2D eigenvalue weighted by Crippen LogP contribution is -1.95. The van der Waals surface area contributed by atoms with Gasteiger partial charge in [0.25, 0.3) is 0 Å². The number of ether oxygens (including phenoxy) is 3. The fourth-order valence-corrected chi connectivity index (χ4v) is 2.51. The second kappa shape index (κ2) is 6.75. The van der Waals surface area contributed by atoms with Crippen LogP contribution in [0.15, 0.2) is 42.5 Å². The normalized spacial score (nSPS) is 12.6. The van der Waals surface area contributed by atoms with Gasteiger partial charge in [0.05, 0.1) is 11.6 Å². The molecule has 118 valence electrons. The van der Waals surface area contributed by atoms with E-state index in [1.807, 2.05) is 6.92 Å². The summed E-state index contributed by atoms with van der Waals surface area (Å²) in [7, 11) is 0. The average Bonchev–Trinajstić information content (AvgIpc) is 3.03. The Morgan fingerprint density at radius 1 is 1.26 bits per heavy atom. The monoisotopic (exact) mass is 330 g/mol. The van der Waals surface area contributed by atoms with Gasteiger partial charge in [-0.05, 0) is 55.0 Å². The Morgan fingerprint density at radius 2 is 2.04 bits per heavy atom. The first kappa shape index (κ1) is 15.4. The first-order valence-electron chi connectivity index (χ1n) is 7.22. The second-order valence-electron chi connectivity index (χ2n) is 4.89. The van der Waals surface area contributed by atoms with E-state index in [9.17, 15) is 4.79 Å². The van der Waals surface area contributed by atoms with Gasteiger partial charge in [0.2, 0.25) is 6.79 Å². The summed E-state index contributed by atoms with van der Waals surface area (Å²) in [6, 6.07) is 10.6. The van der Waals surface area contributed by atoms with Crippen molar-refractivity contribution in [3.63, 3.8) is 0 Å². The molecule has 23 heavy (non-hydrogen) atoms. The number of ketones is 1. The molecular formula is C18H15ClO4. The molecule has 0 aromatic heterocycles. The lowest BCUT2D eigenvalue weighted by Gasteiger charge is -2.03. The third kappa shape index (κ3) is 3.48. The van der Waals surface area contributed by atoms with Gasteiger partial charge in [-0.15, -0.1) is 0 Å². The quantitative estimate of drug-likeness (QED) is 0.603. The van der Waals surface area contributed by atoms with Crippen molar-refractivity contribution in [3.8, 4) is 17.2 Å². The number of hydrogen-bond donors (Lipinski definition) is 0. The maximum absolute atomic E-state index is 12.2. The van der Waals surface area contributed by atoms with Gasteiger partial charge < -0.3 is 14.2 Å². The highest BCUT2D eigenvalue weighted by molar-refractivity contribution is 6.32. The molecule has 5 heteroatoms. The minimum atomic E-state index is -0.0955. The molecule has 1 aliphatic rings. The van der Waals surface area contributed by atoms with Crippen LogP contribution >= 0.6 is 11.6 Å². The van der Waals surface area contributed by atoms with Crippen molar-refractivity contribution in [2.75, 3.05) is 13.4 Å². The molecule has 0 atom stereocenters. The zero-order chi connectivity index (χ0) is 16.2. The molecule has 2 aromatic carbocycles. The van der Waals surface area contributed by atoms with E-state index in [0.717, 1.165) is 11.3 Å². The van der Waals surface area contributed by atoms with Crippen LogP contribution in [0.4, 0.5) is 0 Å². The van der Waals surface area contributed by atoms with E-state index in [0.29, 0.717) is 28.7 Å². The molecule has 0 N–H and O–H groups in total. The number of hydrogen-bond acceptors (Lipinski definition) is 4. The van der Waals surface area contributed by atoms with Crippen molar-refractivity contribution in [3.05, 3.63) is 58.6 Å². The molecule has 3 rings (SSSR count). The van der Waals surface area contributed by atoms with Crippen molar-refractivity contribution in [2.24, 2.45) is 0 Å². The van der Waals surface area contributed by atoms with Crippen LogP contribution in [0.25, 0.3) is 6.08 Å². The largest absolute Gasteiger partial charge is 0.494 e. The molecule has 1 aliphatic heterocycles. The van der Waals surface area contributed by atoms with E-state index in [2.05, 4.69) is 0 Å². The predicted molar refractivity (Wildman–Crippen MR) is 88.6 cm³/mol. The molecule has 0 amide bonds. The Hall–Kier alpha value is -2.46. The molecular weight excluding hydrogens is 316 g/mol. The molecule has 0 spiro atoms. The third-order valence-electron chi connectivity index (χ3n) is 3.33. The van der Waals surface area contributed by atoms with E-state index >= 15 is 0 Å². The van der Waals surface area contributed by atoms with Gasteiger partial charge >= 0.3 is 0 Å². The molecule has 4 nitrogen and oxygen atoms in total. The van der Waals surface area contributed by atoms with Gasteiger partial charge in [0.15, 0.2) is 17.3 Å². The van der Waals surface area contributed by atoms with Gasteiger partial charge in [-0.3, -0.25) is 4.79 Å². The molecule has 0 aliphatic carbocycles. The second-order valence-corrected chi connectivity index (χ2v) is 5.30. The highest BCUT2D eigenvalue weighted by atomic mass is 35.5. The Bertz CT molecular complexity index is 750. The molecule has 1 heterocycles. The van der Waals surface area contributed by atoms with Crippen molar-refractivity contribution in [2.45, 2.75) is 6.92 Å². The average molecular weight is 331 g/mol. The zero-order valence-corrected chi connectivity index (χ0v) is 13.3. The zero-order valence-electron chi connectivity index (χ0n) is 12.5. The fraction of sp³-hybridized carbons (Fsp3) is 0.167. The summed E-state index contributed by atoms with van der Waals surface area (Å²) in [6.07, 6.45) is 3.20. The van der Waals surface area contributed by atoms with Crippen molar-refractivity contribution in [1.29, 1.82) is 0 Å². The molecule has 0 radical (unpaired) electrons. The number of carbonyl (C=O) groups excluding carboxylic acids is 1. The topological polar surface area (TPSA) is 44.8 Å². The lowest BCUT2D eigenvalue weighted by atomic mass is 10.1. The molecule has 0 saturated carbocycles. The number of rotatable bonds is 5. The third-order valence-corrected chi connectivity index (χ3v) is 3.61. The van der Waals surface area contributed by atoms with Crippen LogP contribution in [-0.4, -0.2) is 19.2 Å². The number of carbonyl (C=O) groups is 1. The predicted octanol–water partition coefficient (Wildman–Crippen LogP) is 4.36. The number of halogens is 1. The van der Waals surface area contributed by atoms with E-state index in [1.54, 1.807) is 42.5 Å². The Balaban J connectivity index is 1.74. The smallest absolute Gasteiger partial charge is 0.231 e. The van der Waals surface area contributed by atoms with E-state index in [4.69, 9.17) is 25.8 Å². The van der Waals surface area contributed by atoms with Gasteiger partial charge in [-0.1, -0.05) is 17.7 Å². The Morgan fingerprint density at radius 3 is 2.78 bits per heavy atom. The maximum atomic E-state index is 12.2. The van der Waals surface area contributed by atoms with Crippen LogP contribution in [0.3, 0.4) is 0 Å². The van der Waals surface area contributed by atoms with Crippen molar-refractivity contribution >= 4 is 23.5 Å². The molecule has 0 fully saturated rings. The van der Waals surface area contributed by atoms with Gasteiger partial charge in [-0.2, -0.15) is 0 Å². The molecule has 2 aromatic rings. The molecule has 0 unspecified atom stereocenters. The number of benzene rings is 2. The minimum absolute atomic E-state index is 0.0955. The molecule has 0 bridgehead atoms. The maximum Gasteiger partial charge on any atom is 0.231 e. The highest BCUT2D eigenvalue weighted by Gasteiger charge is 2.17. The summed E-state index contributed by atoms with van der Waals surface area (Å²) in [6.45, 7) is 2.67. The number of fused-ring (bicyclic) bond motifs is 1. The van der Waals surface area contributed by atoms with Crippen LogP contribution < -0.4 is 14.2 Å². The van der Waals surface area contributed by atoms with E-state index in [-0.39, 0.29) is 12.6 Å². The Labute approximate surface area is 139 Å². The van der Waals surface area contributed by atoms with Crippen LogP contribution in [0.2, 0.25) is 5.02 Å². The SMILES string of the molecule is CCOc1ccc(C(=O)/C=C/c2cc(Cl)c3c(c2)OCO3)cc1. The fourth-order valence-electron chi connectivity index (χ4n) is 2.23. The minimum Gasteiger partial charge on any atom is -0.494 e. The standard InChI is InChI=1S/C18H15ClO4/c1-2-21-14-6-4-13(5-7-14)16(20)8-3-12-9-15(19)18-17(10-12)22-11-23-18/h3-10H,2,11H2,1H3/b8-3+. The summed E-state index contributed by atoms with van der Waals surface area (Å²) in [5.41, 5.74) is 1.37. The van der Waals surface area contributed by atoms with Crippen LogP contribution in [-0.2, 0) is 0 Å². The number of allylic oxidation sites excluding steroid dienone is 1. The summed E-state index contributed by atoms with van der Waals surface area (Å²) >= 11 is 6.12. The van der Waals surface area contributed by atoms with Crippen LogP contribution in [0.1, 0.15) is 22.8 Å². The summed E-state index contributed by atoms with van der Waals surface area (Å²) in [5, 5.41) is 0.466. The first-order chi connectivity index (χ1) is 11.2. The van der Waals surface area contributed by atoms with Crippen molar-refractivity contribution in [1.82, 2.24) is 0 Å². The van der Waals surface area contributed by atoms with Gasteiger partial charge in [-0.25, -0.2) is 0 Å².